The zero-order valence-electron chi connectivity index (χ0n) is 15.2. The second-order valence-electron chi connectivity index (χ2n) is 6.73. The summed E-state index contributed by atoms with van der Waals surface area (Å²) >= 11 is 0. The first-order valence-electron chi connectivity index (χ1n) is 8.71. The summed E-state index contributed by atoms with van der Waals surface area (Å²) in [7, 11) is -3.56. The van der Waals surface area contributed by atoms with E-state index in [0.29, 0.717) is 30.8 Å². The van der Waals surface area contributed by atoms with Crippen molar-refractivity contribution in [1.82, 2.24) is 19.8 Å². The molecule has 0 spiro atoms. The number of hydrogen-bond acceptors (Lipinski definition) is 5. The molecule has 1 fully saturated rings. The molecule has 0 atom stereocenters. The van der Waals surface area contributed by atoms with E-state index in [4.69, 9.17) is 0 Å². The van der Waals surface area contributed by atoms with Crippen molar-refractivity contribution < 1.29 is 13.2 Å². The van der Waals surface area contributed by atoms with Gasteiger partial charge in [0.05, 0.1) is 4.90 Å². The first-order valence-corrected chi connectivity index (χ1v) is 10.2. The molecule has 1 amide bonds. The SMILES string of the molecule is Cc1ccc(C)c(S(=O)(=O)N2CCC(NC(=O)c3ccc(=O)[nH]n3)CC2)c1. The van der Waals surface area contributed by atoms with Gasteiger partial charge in [0.1, 0.15) is 5.69 Å². The zero-order valence-corrected chi connectivity index (χ0v) is 16.0. The minimum Gasteiger partial charge on any atom is -0.348 e. The van der Waals surface area contributed by atoms with Crippen molar-refractivity contribution in [2.45, 2.75) is 37.6 Å². The van der Waals surface area contributed by atoms with E-state index in [9.17, 15) is 18.0 Å². The highest BCUT2D eigenvalue weighted by atomic mass is 32.2. The standard InChI is InChI=1S/C18H22N4O4S/c1-12-3-4-13(2)16(11-12)27(25,26)22-9-7-14(8-10-22)19-18(24)15-5-6-17(23)21-20-15/h3-6,11,14H,7-10H2,1-2H3,(H,19,24)(H,21,23). The number of H-pyrrole nitrogens is 1. The van der Waals surface area contributed by atoms with Crippen LogP contribution in [0.1, 0.15) is 34.5 Å². The number of carbonyl (C=O) groups excluding carboxylic acids is 1. The number of hydrogen-bond donors (Lipinski definition) is 2. The Morgan fingerprint density at radius 2 is 1.89 bits per heavy atom. The van der Waals surface area contributed by atoms with Crippen molar-refractivity contribution in [2.75, 3.05) is 13.1 Å². The van der Waals surface area contributed by atoms with Gasteiger partial charge in [-0.3, -0.25) is 9.59 Å². The fourth-order valence-corrected chi connectivity index (χ4v) is 4.87. The lowest BCUT2D eigenvalue weighted by atomic mass is 10.1. The molecular formula is C18H22N4O4S. The lowest BCUT2D eigenvalue weighted by Gasteiger charge is -2.32. The Labute approximate surface area is 157 Å². The van der Waals surface area contributed by atoms with Gasteiger partial charge in [-0.2, -0.15) is 9.40 Å². The molecule has 1 aromatic carbocycles. The van der Waals surface area contributed by atoms with Crippen LogP contribution in [0.4, 0.5) is 0 Å². The molecular weight excluding hydrogens is 368 g/mol. The van der Waals surface area contributed by atoms with Crippen LogP contribution in [-0.4, -0.2) is 48.0 Å². The van der Waals surface area contributed by atoms with Gasteiger partial charge in [-0.15, -0.1) is 0 Å². The van der Waals surface area contributed by atoms with Crippen molar-refractivity contribution in [2.24, 2.45) is 0 Å². The summed E-state index contributed by atoms with van der Waals surface area (Å²) in [5, 5.41) is 8.76. The molecule has 1 aliphatic rings. The van der Waals surface area contributed by atoms with E-state index in [1.165, 1.54) is 16.4 Å². The number of benzene rings is 1. The van der Waals surface area contributed by atoms with Gasteiger partial charge in [0.25, 0.3) is 11.5 Å². The van der Waals surface area contributed by atoms with Gasteiger partial charge in [0, 0.05) is 25.2 Å². The highest BCUT2D eigenvalue weighted by Gasteiger charge is 2.31. The molecule has 8 nitrogen and oxygen atoms in total. The molecule has 2 N–H and O–H groups in total. The van der Waals surface area contributed by atoms with Crippen LogP contribution < -0.4 is 10.9 Å². The first kappa shape index (κ1) is 19.2. The fourth-order valence-electron chi connectivity index (χ4n) is 3.10. The largest absolute Gasteiger partial charge is 0.348 e. The maximum absolute atomic E-state index is 12.9. The zero-order chi connectivity index (χ0) is 19.6. The van der Waals surface area contributed by atoms with E-state index in [0.717, 1.165) is 11.1 Å². The molecule has 1 aliphatic heterocycles. The van der Waals surface area contributed by atoms with Crippen LogP contribution in [0.2, 0.25) is 0 Å². The maximum atomic E-state index is 12.9. The number of sulfonamides is 1. The number of nitrogens with zero attached hydrogens (tertiary/aromatic N) is 2. The summed E-state index contributed by atoms with van der Waals surface area (Å²) < 4.78 is 27.3. The number of nitrogens with one attached hydrogen (secondary N) is 2. The van der Waals surface area contributed by atoms with Crippen LogP contribution in [0.5, 0.6) is 0 Å². The van der Waals surface area contributed by atoms with E-state index in [1.807, 2.05) is 19.1 Å². The number of aromatic nitrogens is 2. The first-order chi connectivity index (χ1) is 12.8. The van der Waals surface area contributed by atoms with Gasteiger partial charge < -0.3 is 5.32 Å². The quantitative estimate of drug-likeness (QED) is 0.808. The number of carbonyl (C=O) groups is 1. The molecule has 2 aromatic rings. The molecule has 144 valence electrons. The van der Waals surface area contributed by atoms with E-state index in [-0.39, 0.29) is 23.2 Å². The molecule has 0 aliphatic carbocycles. The third-order valence-corrected chi connectivity index (χ3v) is 6.70. The van der Waals surface area contributed by atoms with Gasteiger partial charge in [0.15, 0.2) is 0 Å². The lowest BCUT2D eigenvalue weighted by Crippen LogP contribution is -2.46. The lowest BCUT2D eigenvalue weighted by molar-refractivity contribution is 0.0917. The summed E-state index contributed by atoms with van der Waals surface area (Å²) in [5.41, 5.74) is 1.37. The van der Waals surface area contributed by atoms with Crippen molar-refractivity contribution in [3.05, 3.63) is 57.5 Å². The molecule has 3 rings (SSSR count). The summed E-state index contributed by atoms with van der Waals surface area (Å²) in [6.45, 7) is 4.32. The smallest absolute Gasteiger partial charge is 0.271 e. The fraction of sp³-hybridized carbons (Fsp3) is 0.389. The van der Waals surface area contributed by atoms with Crippen LogP contribution in [-0.2, 0) is 10.0 Å². The predicted molar refractivity (Wildman–Crippen MR) is 100 cm³/mol. The molecule has 0 radical (unpaired) electrons. The van der Waals surface area contributed by atoms with E-state index < -0.39 is 10.0 Å². The Kier molecular flexibility index (Phi) is 5.43. The van der Waals surface area contributed by atoms with Crippen LogP contribution in [0, 0.1) is 13.8 Å². The predicted octanol–water partition coefficient (Wildman–Crippen LogP) is 0.970. The average Bonchev–Trinajstić information content (AvgIpc) is 2.64. The molecule has 1 aromatic heterocycles. The molecule has 27 heavy (non-hydrogen) atoms. The number of aromatic amines is 1. The van der Waals surface area contributed by atoms with Gasteiger partial charge >= 0.3 is 0 Å². The molecule has 0 bridgehead atoms. The minimum atomic E-state index is -3.56. The minimum absolute atomic E-state index is 0.125. The Balaban J connectivity index is 1.64. The Hall–Kier alpha value is -2.52. The number of rotatable bonds is 4. The van der Waals surface area contributed by atoms with Crippen LogP contribution >= 0.6 is 0 Å². The maximum Gasteiger partial charge on any atom is 0.271 e. The summed E-state index contributed by atoms with van der Waals surface area (Å²) in [6, 6.07) is 7.85. The van der Waals surface area contributed by atoms with Gasteiger partial charge in [-0.05, 0) is 49.9 Å². The molecule has 1 saturated heterocycles. The van der Waals surface area contributed by atoms with Gasteiger partial charge in [-0.1, -0.05) is 12.1 Å². The second-order valence-corrected chi connectivity index (χ2v) is 8.63. The highest BCUT2D eigenvalue weighted by Crippen LogP contribution is 2.24. The topological polar surface area (TPSA) is 112 Å². The normalized spacial score (nSPS) is 16.2. The van der Waals surface area contributed by atoms with Crippen molar-refractivity contribution in [1.29, 1.82) is 0 Å². The monoisotopic (exact) mass is 390 g/mol. The van der Waals surface area contributed by atoms with Crippen LogP contribution in [0.25, 0.3) is 0 Å². The average molecular weight is 390 g/mol. The van der Waals surface area contributed by atoms with Crippen LogP contribution in [0.15, 0.2) is 40.0 Å². The molecule has 2 heterocycles. The van der Waals surface area contributed by atoms with E-state index >= 15 is 0 Å². The van der Waals surface area contributed by atoms with Crippen molar-refractivity contribution in [3.8, 4) is 0 Å². The Bertz CT molecular complexity index is 988. The third-order valence-electron chi connectivity index (χ3n) is 4.66. The van der Waals surface area contributed by atoms with E-state index in [1.54, 1.807) is 13.0 Å². The summed E-state index contributed by atoms with van der Waals surface area (Å²) in [6.07, 6.45) is 1.03. The van der Waals surface area contributed by atoms with Gasteiger partial charge in [-0.25, -0.2) is 13.5 Å². The Morgan fingerprint density at radius 3 is 2.52 bits per heavy atom. The van der Waals surface area contributed by atoms with Crippen molar-refractivity contribution >= 4 is 15.9 Å². The third kappa shape index (κ3) is 4.25. The summed E-state index contributed by atoms with van der Waals surface area (Å²) in [5.74, 6) is -0.387. The van der Waals surface area contributed by atoms with E-state index in [2.05, 4.69) is 15.5 Å². The van der Waals surface area contributed by atoms with Gasteiger partial charge in [0.2, 0.25) is 10.0 Å². The Morgan fingerprint density at radius 1 is 1.19 bits per heavy atom. The molecule has 0 unspecified atom stereocenters. The molecule has 9 heteroatoms. The highest BCUT2D eigenvalue weighted by molar-refractivity contribution is 7.89. The number of amides is 1. The van der Waals surface area contributed by atoms with Crippen molar-refractivity contribution in [3.63, 3.8) is 0 Å². The number of piperidine rings is 1. The number of aryl methyl sites for hydroxylation is 2. The molecule has 0 saturated carbocycles. The second kappa shape index (κ2) is 7.61. The summed E-state index contributed by atoms with van der Waals surface area (Å²) in [4.78, 5) is 23.5. The van der Waals surface area contributed by atoms with Crippen LogP contribution in [0.3, 0.4) is 0 Å².